The van der Waals surface area contributed by atoms with Crippen molar-refractivity contribution in [1.82, 2.24) is 24.8 Å². The third kappa shape index (κ3) is 3.88. The lowest BCUT2D eigenvalue weighted by atomic mass is 9.99. The van der Waals surface area contributed by atoms with E-state index in [1.54, 1.807) is 15.5 Å². The van der Waals surface area contributed by atoms with Crippen molar-refractivity contribution in [3.63, 3.8) is 0 Å². The molecule has 10 heteroatoms. The van der Waals surface area contributed by atoms with E-state index in [2.05, 4.69) is 15.3 Å². The molecule has 1 aliphatic rings. The number of amides is 1. The van der Waals surface area contributed by atoms with Gasteiger partial charge in [0.2, 0.25) is 0 Å². The summed E-state index contributed by atoms with van der Waals surface area (Å²) in [5, 5.41) is 7.54. The summed E-state index contributed by atoms with van der Waals surface area (Å²) in [5.41, 5.74) is 9.58. The van der Waals surface area contributed by atoms with Crippen LogP contribution in [-0.2, 0) is 17.7 Å². The van der Waals surface area contributed by atoms with Crippen LogP contribution in [0.5, 0.6) is 0 Å². The summed E-state index contributed by atoms with van der Waals surface area (Å²) in [6, 6.07) is 10.3. The minimum Gasteiger partial charge on any atom is -0.444 e. The Balaban J connectivity index is 1.60. The molecule has 2 aromatic carbocycles. The highest BCUT2D eigenvalue weighted by atomic mass is 19.1. The first-order valence-corrected chi connectivity index (χ1v) is 10.6. The van der Waals surface area contributed by atoms with Crippen molar-refractivity contribution < 1.29 is 18.6 Å². The molecule has 0 radical (unpaired) electrons. The Bertz CT molecular complexity index is 1370. The fraction of sp³-hybridized carbons (Fsp3) is 0.304. The molecule has 3 heterocycles. The average Bonchev–Trinajstić information content (AvgIpc) is 3.34. The van der Waals surface area contributed by atoms with Crippen molar-refractivity contribution in [3.05, 3.63) is 53.3 Å². The number of hydrogen-bond acceptors (Lipinski definition) is 7. The van der Waals surface area contributed by atoms with Gasteiger partial charge < -0.3 is 15.4 Å². The van der Waals surface area contributed by atoms with E-state index >= 15 is 0 Å². The lowest BCUT2D eigenvalue weighted by Gasteiger charge is -2.31. The van der Waals surface area contributed by atoms with Crippen LogP contribution in [0.3, 0.4) is 0 Å². The molecule has 5 rings (SSSR count). The summed E-state index contributed by atoms with van der Waals surface area (Å²) < 4.78 is 26.2. The van der Waals surface area contributed by atoms with Crippen LogP contribution in [-0.4, -0.2) is 43.0 Å². The van der Waals surface area contributed by atoms with Gasteiger partial charge in [0.25, 0.3) is 0 Å². The maximum absolute atomic E-state index is 14.1. The molecular weight excluding hydrogens is 427 g/mol. The van der Waals surface area contributed by atoms with Gasteiger partial charge in [0.1, 0.15) is 11.4 Å². The van der Waals surface area contributed by atoms with Crippen LogP contribution in [0.2, 0.25) is 0 Å². The van der Waals surface area contributed by atoms with E-state index < -0.39 is 11.4 Å². The van der Waals surface area contributed by atoms with Gasteiger partial charge in [-0.1, -0.05) is 6.07 Å². The second-order valence-electron chi connectivity index (χ2n) is 9.01. The topological polar surface area (TPSA) is 112 Å². The molecule has 0 aliphatic carbocycles. The maximum Gasteiger partial charge on any atom is 0.410 e. The van der Waals surface area contributed by atoms with E-state index in [0.717, 1.165) is 16.8 Å². The van der Waals surface area contributed by atoms with E-state index in [0.29, 0.717) is 36.4 Å². The number of carbonyl (C=O) groups excluding carboxylic acids is 1. The van der Waals surface area contributed by atoms with Crippen LogP contribution in [0.4, 0.5) is 15.0 Å². The molecule has 0 bridgehead atoms. The van der Waals surface area contributed by atoms with Crippen molar-refractivity contribution in [1.29, 1.82) is 0 Å². The first kappa shape index (κ1) is 20.9. The number of hydrogen-bond donors (Lipinski definition) is 1. The Labute approximate surface area is 188 Å². The lowest BCUT2D eigenvalue weighted by Crippen LogP contribution is -2.39. The molecule has 0 saturated heterocycles. The Hall–Kier alpha value is -3.95. The molecule has 0 fully saturated rings. The zero-order valence-corrected chi connectivity index (χ0v) is 18.5. The van der Waals surface area contributed by atoms with E-state index in [4.69, 9.17) is 15.1 Å². The Morgan fingerprint density at radius 2 is 1.97 bits per heavy atom. The van der Waals surface area contributed by atoms with Gasteiger partial charge in [-0.05, 0) is 72.9 Å². The second kappa shape index (κ2) is 7.58. The highest BCUT2D eigenvalue weighted by Crippen LogP contribution is 2.32. The first-order valence-electron chi connectivity index (χ1n) is 10.6. The molecule has 33 heavy (non-hydrogen) atoms. The zero-order valence-electron chi connectivity index (χ0n) is 18.5. The normalized spacial score (nSPS) is 13.9. The van der Waals surface area contributed by atoms with Crippen LogP contribution in [0.1, 0.15) is 31.9 Å². The molecule has 0 saturated carbocycles. The van der Waals surface area contributed by atoms with Crippen molar-refractivity contribution >= 4 is 22.9 Å². The third-order valence-corrected chi connectivity index (χ3v) is 5.45. The smallest absolute Gasteiger partial charge is 0.410 e. The second-order valence-corrected chi connectivity index (χ2v) is 9.01. The van der Waals surface area contributed by atoms with E-state index in [-0.39, 0.29) is 17.6 Å². The zero-order chi connectivity index (χ0) is 23.3. The van der Waals surface area contributed by atoms with Crippen molar-refractivity contribution in [3.8, 4) is 17.2 Å². The molecule has 1 aliphatic heterocycles. The number of imidazole rings is 1. The standard InChI is InChI=1S/C23H23FN6O3/c1-23(2,3)32-22(31)29-9-8-13-4-6-16(10-14(13)12-29)30-18-11-15(24)5-7-17(18)26-21(30)19-20(25)28-33-27-19/h4-7,10-11H,8-9,12H2,1-3H3,(H2,25,28). The SMILES string of the molecule is CC(C)(C)OC(=O)N1CCc2ccc(-n3c(-c4nonc4N)nc4ccc(F)cc43)cc2C1. The van der Waals surface area contributed by atoms with Crippen molar-refractivity contribution in [2.24, 2.45) is 0 Å². The van der Waals surface area contributed by atoms with Crippen LogP contribution in [0, 0.1) is 5.82 Å². The molecule has 0 spiro atoms. The summed E-state index contributed by atoms with van der Waals surface area (Å²) in [7, 11) is 0. The van der Waals surface area contributed by atoms with E-state index in [1.165, 1.54) is 12.1 Å². The van der Waals surface area contributed by atoms with Crippen LogP contribution < -0.4 is 5.73 Å². The van der Waals surface area contributed by atoms with Gasteiger partial charge in [0, 0.05) is 24.8 Å². The van der Waals surface area contributed by atoms with Crippen molar-refractivity contribution in [2.45, 2.75) is 39.3 Å². The molecular formula is C23H23FN6O3. The lowest BCUT2D eigenvalue weighted by molar-refractivity contribution is 0.0224. The van der Waals surface area contributed by atoms with Gasteiger partial charge >= 0.3 is 6.09 Å². The summed E-state index contributed by atoms with van der Waals surface area (Å²) in [6.07, 6.45) is 0.358. The molecule has 2 aromatic heterocycles. The van der Waals surface area contributed by atoms with Crippen LogP contribution in [0.25, 0.3) is 28.2 Å². The van der Waals surface area contributed by atoms with Gasteiger partial charge in [-0.15, -0.1) is 0 Å². The molecule has 9 nitrogen and oxygen atoms in total. The predicted molar refractivity (Wildman–Crippen MR) is 119 cm³/mol. The number of ether oxygens (including phenoxy) is 1. The van der Waals surface area contributed by atoms with Gasteiger partial charge in [-0.3, -0.25) is 4.57 Å². The highest BCUT2D eigenvalue weighted by Gasteiger charge is 2.27. The summed E-state index contributed by atoms with van der Waals surface area (Å²) in [5.74, 6) is 0.0747. The number of fused-ring (bicyclic) bond motifs is 2. The monoisotopic (exact) mass is 450 g/mol. The van der Waals surface area contributed by atoms with Gasteiger partial charge in [-0.2, -0.15) is 0 Å². The van der Waals surface area contributed by atoms with Crippen molar-refractivity contribution in [2.75, 3.05) is 12.3 Å². The molecule has 1 amide bonds. The van der Waals surface area contributed by atoms with E-state index in [9.17, 15) is 9.18 Å². The van der Waals surface area contributed by atoms with Gasteiger partial charge in [-0.25, -0.2) is 18.8 Å². The average molecular weight is 450 g/mol. The number of nitrogen functional groups attached to an aromatic ring is 1. The fourth-order valence-electron chi connectivity index (χ4n) is 3.98. The number of benzene rings is 2. The Kier molecular flexibility index (Phi) is 4.80. The largest absolute Gasteiger partial charge is 0.444 e. The highest BCUT2D eigenvalue weighted by molar-refractivity contribution is 5.84. The fourth-order valence-corrected chi connectivity index (χ4v) is 3.98. The summed E-state index contributed by atoms with van der Waals surface area (Å²) in [4.78, 5) is 18.9. The number of anilines is 1. The Morgan fingerprint density at radius 3 is 2.70 bits per heavy atom. The molecule has 0 atom stereocenters. The molecule has 2 N–H and O–H groups in total. The molecule has 4 aromatic rings. The number of carbonyl (C=O) groups is 1. The Morgan fingerprint density at radius 1 is 1.15 bits per heavy atom. The van der Waals surface area contributed by atoms with Crippen LogP contribution >= 0.6 is 0 Å². The molecule has 170 valence electrons. The first-order chi connectivity index (χ1) is 15.7. The van der Waals surface area contributed by atoms with E-state index in [1.807, 2.05) is 39.0 Å². The number of nitrogens with two attached hydrogens (primary N) is 1. The predicted octanol–water partition coefficient (Wildman–Crippen LogP) is 4.09. The van der Waals surface area contributed by atoms with Gasteiger partial charge in [0.05, 0.1) is 11.0 Å². The van der Waals surface area contributed by atoms with Crippen LogP contribution in [0.15, 0.2) is 41.0 Å². The number of aromatic nitrogens is 4. The summed E-state index contributed by atoms with van der Waals surface area (Å²) >= 11 is 0. The number of rotatable bonds is 2. The minimum absolute atomic E-state index is 0.0843. The number of nitrogens with zero attached hydrogens (tertiary/aromatic N) is 5. The number of halogens is 1. The quantitative estimate of drug-likeness (QED) is 0.489. The molecule has 0 unspecified atom stereocenters. The third-order valence-electron chi connectivity index (χ3n) is 5.45. The van der Waals surface area contributed by atoms with Gasteiger partial charge in [0.15, 0.2) is 17.3 Å². The minimum atomic E-state index is -0.570. The maximum atomic E-state index is 14.1. The summed E-state index contributed by atoms with van der Waals surface area (Å²) in [6.45, 7) is 6.51.